The van der Waals surface area contributed by atoms with Crippen LogP contribution in [0.25, 0.3) is 0 Å². The van der Waals surface area contributed by atoms with E-state index in [0.717, 1.165) is 0 Å². The average molecular weight is 276 g/mol. The number of hydrogen-bond donors (Lipinski definition) is 2. The summed E-state index contributed by atoms with van der Waals surface area (Å²) in [5.74, 6) is 4.99. The summed E-state index contributed by atoms with van der Waals surface area (Å²) < 4.78 is 25.8. The summed E-state index contributed by atoms with van der Waals surface area (Å²) >= 11 is 16.3. The minimum absolute atomic E-state index is 0.0478. The van der Waals surface area contributed by atoms with Crippen molar-refractivity contribution in [2.24, 2.45) is 5.84 Å². The normalized spacial score (nSPS) is 14.0. The van der Waals surface area contributed by atoms with Crippen molar-refractivity contribution in [2.75, 3.05) is 0 Å². The van der Waals surface area contributed by atoms with Gasteiger partial charge in [-0.3, -0.25) is 5.84 Å². The van der Waals surface area contributed by atoms with Crippen LogP contribution in [-0.2, 0) is 0 Å². The van der Waals surface area contributed by atoms with Gasteiger partial charge in [-0.1, -0.05) is 23.2 Å². The fourth-order valence-corrected chi connectivity index (χ4v) is 1.68. The van der Waals surface area contributed by atoms with E-state index in [9.17, 15) is 8.78 Å². The molecule has 0 bridgehead atoms. The maximum Gasteiger partial charge on any atom is 0.342 e. The third-order valence-electron chi connectivity index (χ3n) is 1.76. The molecule has 0 amide bonds. The lowest BCUT2D eigenvalue weighted by Gasteiger charge is -2.22. The lowest BCUT2D eigenvalue weighted by Crippen LogP contribution is -2.38. The van der Waals surface area contributed by atoms with E-state index >= 15 is 0 Å². The van der Waals surface area contributed by atoms with E-state index in [0.29, 0.717) is 0 Å². The molecule has 0 fully saturated rings. The van der Waals surface area contributed by atoms with E-state index in [2.05, 4.69) is 0 Å². The fourth-order valence-electron chi connectivity index (χ4n) is 1.10. The first-order valence-electron chi connectivity index (χ1n) is 3.84. The molecule has 7 heteroatoms. The molecule has 0 aliphatic carbocycles. The number of nitrogens with two attached hydrogens (primary N) is 1. The predicted octanol–water partition coefficient (Wildman–Crippen LogP) is 3.33. The predicted molar refractivity (Wildman–Crippen MR) is 57.3 cm³/mol. The van der Waals surface area contributed by atoms with Gasteiger partial charge >= 0.3 is 5.38 Å². The highest BCUT2D eigenvalue weighted by atomic mass is 35.5. The number of hydrogen-bond acceptors (Lipinski definition) is 2. The Hall–Kier alpha value is -0.130. The van der Waals surface area contributed by atoms with Crippen molar-refractivity contribution in [3.8, 4) is 0 Å². The maximum atomic E-state index is 12.9. The Kier molecular flexibility index (Phi) is 4.14. The number of alkyl halides is 3. The van der Waals surface area contributed by atoms with E-state index < -0.39 is 11.4 Å². The first-order valence-corrected chi connectivity index (χ1v) is 4.97. The molecule has 0 heterocycles. The van der Waals surface area contributed by atoms with Gasteiger partial charge in [0.25, 0.3) is 0 Å². The first-order chi connectivity index (χ1) is 6.86. The molecule has 1 aromatic rings. The Morgan fingerprint density at radius 3 is 2.40 bits per heavy atom. The zero-order chi connectivity index (χ0) is 11.6. The largest absolute Gasteiger partial charge is 0.342 e. The minimum atomic E-state index is -3.55. The summed E-state index contributed by atoms with van der Waals surface area (Å²) in [5.41, 5.74) is 1.95. The standard InChI is InChI=1S/C8H7Cl3F2N2/c9-4-1-2-6(10)5(3-4)7(15-14)8(11,12)13/h1-3,7,15H,14H2. The van der Waals surface area contributed by atoms with Crippen molar-refractivity contribution < 1.29 is 8.78 Å². The molecule has 15 heavy (non-hydrogen) atoms. The van der Waals surface area contributed by atoms with Crippen LogP contribution in [-0.4, -0.2) is 5.38 Å². The molecule has 1 unspecified atom stereocenters. The van der Waals surface area contributed by atoms with Gasteiger partial charge < -0.3 is 0 Å². The first kappa shape index (κ1) is 12.9. The van der Waals surface area contributed by atoms with Gasteiger partial charge in [-0.2, -0.15) is 8.78 Å². The zero-order valence-corrected chi connectivity index (χ0v) is 9.54. The van der Waals surface area contributed by atoms with Gasteiger partial charge in [0.15, 0.2) is 0 Å². The molecule has 0 aliphatic heterocycles. The third-order valence-corrected chi connectivity index (χ3v) is 2.56. The summed E-state index contributed by atoms with van der Waals surface area (Å²) in [6.07, 6.45) is 0. The molecule has 0 aliphatic rings. The number of halogens is 5. The molecule has 1 atom stereocenters. The van der Waals surface area contributed by atoms with Crippen LogP contribution in [0.5, 0.6) is 0 Å². The van der Waals surface area contributed by atoms with Gasteiger partial charge in [0, 0.05) is 10.0 Å². The minimum Gasteiger partial charge on any atom is -0.271 e. The SMILES string of the molecule is NNC(c1cc(Cl)ccc1Cl)C(F)(F)Cl. The smallest absolute Gasteiger partial charge is 0.271 e. The molecule has 2 nitrogen and oxygen atoms in total. The molecule has 0 radical (unpaired) electrons. The van der Waals surface area contributed by atoms with Gasteiger partial charge in [0.1, 0.15) is 6.04 Å². The van der Waals surface area contributed by atoms with Crippen LogP contribution in [0.3, 0.4) is 0 Å². The molecular formula is C8H7Cl3F2N2. The van der Waals surface area contributed by atoms with Gasteiger partial charge in [0.2, 0.25) is 0 Å². The number of nitrogens with one attached hydrogen (secondary N) is 1. The molecule has 1 rings (SSSR count). The van der Waals surface area contributed by atoms with E-state index in [1.54, 1.807) is 0 Å². The second-order valence-corrected chi connectivity index (χ2v) is 4.15. The van der Waals surface area contributed by atoms with Gasteiger partial charge in [-0.15, -0.1) is 0 Å². The van der Waals surface area contributed by atoms with Crippen molar-refractivity contribution in [1.29, 1.82) is 0 Å². The van der Waals surface area contributed by atoms with Crippen LogP contribution in [0.1, 0.15) is 11.6 Å². The quantitative estimate of drug-likeness (QED) is 0.504. The Morgan fingerprint density at radius 2 is 1.93 bits per heavy atom. The van der Waals surface area contributed by atoms with Crippen molar-refractivity contribution in [1.82, 2.24) is 5.43 Å². The highest BCUT2D eigenvalue weighted by Crippen LogP contribution is 2.38. The van der Waals surface area contributed by atoms with Crippen LogP contribution in [0.15, 0.2) is 18.2 Å². The van der Waals surface area contributed by atoms with E-state index in [1.165, 1.54) is 18.2 Å². The van der Waals surface area contributed by atoms with Crippen LogP contribution in [0.4, 0.5) is 8.78 Å². The summed E-state index contributed by atoms with van der Waals surface area (Å²) in [6.45, 7) is 0. The third kappa shape index (κ3) is 3.16. The lowest BCUT2D eigenvalue weighted by molar-refractivity contribution is 0.0498. The Morgan fingerprint density at radius 1 is 1.33 bits per heavy atom. The topological polar surface area (TPSA) is 38.0 Å². The summed E-state index contributed by atoms with van der Waals surface area (Å²) in [7, 11) is 0. The molecule has 84 valence electrons. The molecule has 1 aromatic carbocycles. The summed E-state index contributed by atoms with van der Waals surface area (Å²) in [4.78, 5) is 0. The van der Waals surface area contributed by atoms with E-state index in [1.807, 2.05) is 5.43 Å². The summed E-state index contributed by atoms with van der Waals surface area (Å²) in [5, 5.41) is -3.17. The van der Waals surface area contributed by atoms with E-state index in [4.69, 9.17) is 40.6 Å². The second-order valence-electron chi connectivity index (χ2n) is 2.81. The average Bonchev–Trinajstić information content (AvgIpc) is 2.10. The molecule has 0 aromatic heterocycles. The number of hydrazine groups is 1. The van der Waals surface area contributed by atoms with Crippen molar-refractivity contribution in [3.05, 3.63) is 33.8 Å². The van der Waals surface area contributed by atoms with Crippen molar-refractivity contribution in [2.45, 2.75) is 11.4 Å². The zero-order valence-electron chi connectivity index (χ0n) is 7.28. The summed E-state index contributed by atoms with van der Waals surface area (Å²) in [6, 6.07) is 2.56. The maximum absolute atomic E-state index is 12.9. The fraction of sp³-hybridized carbons (Fsp3) is 0.250. The molecule has 3 N–H and O–H groups in total. The Bertz CT molecular complexity index is 354. The lowest BCUT2D eigenvalue weighted by atomic mass is 10.1. The number of rotatable bonds is 3. The number of benzene rings is 1. The Labute approximate surface area is 100 Å². The van der Waals surface area contributed by atoms with Gasteiger partial charge in [-0.25, -0.2) is 5.43 Å². The second kappa shape index (κ2) is 4.80. The van der Waals surface area contributed by atoms with Crippen LogP contribution in [0, 0.1) is 0 Å². The molecule has 0 spiro atoms. The highest BCUT2D eigenvalue weighted by Gasteiger charge is 2.38. The van der Waals surface area contributed by atoms with Gasteiger partial charge in [-0.05, 0) is 35.4 Å². The van der Waals surface area contributed by atoms with Crippen molar-refractivity contribution in [3.63, 3.8) is 0 Å². The Balaban J connectivity index is 3.18. The van der Waals surface area contributed by atoms with Crippen molar-refractivity contribution >= 4 is 34.8 Å². The van der Waals surface area contributed by atoms with Crippen LogP contribution >= 0.6 is 34.8 Å². The van der Waals surface area contributed by atoms with Gasteiger partial charge in [0.05, 0.1) is 0 Å². The molecular weight excluding hydrogens is 268 g/mol. The highest BCUT2D eigenvalue weighted by molar-refractivity contribution is 6.33. The molecule has 0 saturated heterocycles. The monoisotopic (exact) mass is 274 g/mol. The van der Waals surface area contributed by atoms with E-state index in [-0.39, 0.29) is 15.6 Å². The molecule has 0 saturated carbocycles. The van der Waals surface area contributed by atoms with Crippen LogP contribution < -0.4 is 11.3 Å². The van der Waals surface area contributed by atoms with Crippen LogP contribution in [0.2, 0.25) is 10.0 Å².